The zero-order valence-electron chi connectivity index (χ0n) is 6.97. The van der Waals surface area contributed by atoms with Gasteiger partial charge in [0.15, 0.2) is 0 Å². The van der Waals surface area contributed by atoms with Crippen LogP contribution in [-0.2, 0) is 5.33 Å². The SMILES string of the molecule is COc1cc(I)c(C#N)c(CBr)c1. The minimum atomic E-state index is 0.670. The summed E-state index contributed by atoms with van der Waals surface area (Å²) in [5.41, 5.74) is 1.68. The zero-order chi connectivity index (χ0) is 9.84. The summed E-state index contributed by atoms with van der Waals surface area (Å²) in [5, 5.41) is 9.55. The Morgan fingerprint density at radius 2 is 2.31 bits per heavy atom. The summed E-state index contributed by atoms with van der Waals surface area (Å²) < 4.78 is 6.03. The molecule has 0 aliphatic carbocycles. The van der Waals surface area contributed by atoms with Crippen LogP contribution in [-0.4, -0.2) is 7.11 Å². The molecule has 0 aliphatic rings. The molecule has 1 rings (SSSR count). The lowest BCUT2D eigenvalue weighted by Crippen LogP contribution is -1.93. The molecule has 0 spiro atoms. The molecule has 0 aliphatic heterocycles. The van der Waals surface area contributed by atoms with Crippen molar-refractivity contribution in [1.29, 1.82) is 5.26 Å². The molecule has 1 aromatic rings. The number of nitrogens with zero attached hydrogens (tertiary/aromatic N) is 1. The number of benzene rings is 1. The van der Waals surface area contributed by atoms with Gasteiger partial charge in [0.25, 0.3) is 0 Å². The molecular formula is C9H7BrINO. The summed E-state index contributed by atoms with van der Waals surface area (Å²) >= 11 is 5.47. The maximum Gasteiger partial charge on any atom is 0.120 e. The molecule has 68 valence electrons. The first-order valence-corrected chi connectivity index (χ1v) is 5.75. The van der Waals surface area contributed by atoms with Gasteiger partial charge >= 0.3 is 0 Å². The van der Waals surface area contributed by atoms with Crippen molar-refractivity contribution in [1.82, 2.24) is 0 Å². The Balaban J connectivity index is 3.31. The first-order valence-electron chi connectivity index (χ1n) is 3.55. The van der Waals surface area contributed by atoms with E-state index < -0.39 is 0 Å². The number of alkyl halides is 1. The third-order valence-corrected chi connectivity index (χ3v) is 3.09. The van der Waals surface area contributed by atoms with Crippen LogP contribution in [0.5, 0.6) is 5.75 Å². The van der Waals surface area contributed by atoms with E-state index >= 15 is 0 Å². The van der Waals surface area contributed by atoms with Gasteiger partial charge in [-0.25, -0.2) is 0 Å². The molecule has 0 fully saturated rings. The average Bonchev–Trinajstić information content (AvgIpc) is 2.16. The third-order valence-electron chi connectivity index (χ3n) is 1.64. The molecule has 0 heterocycles. The van der Waals surface area contributed by atoms with Gasteiger partial charge in [-0.15, -0.1) is 0 Å². The van der Waals surface area contributed by atoms with E-state index in [-0.39, 0.29) is 0 Å². The highest BCUT2D eigenvalue weighted by molar-refractivity contribution is 14.1. The van der Waals surface area contributed by atoms with Gasteiger partial charge in [0.1, 0.15) is 11.8 Å². The predicted octanol–water partition coefficient (Wildman–Crippen LogP) is 3.07. The molecule has 0 saturated carbocycles. The van der Waals surface area contributed by atoms with Crippen LogP contribution in [0, 0.1) is 14.9 Å². The standard InChI is InChI=1S/C9H7BrINO/c1-13-7-2-6(4-10)8(5-12)9(11)3-7/h2-3H,4H2,1H3. The van der Waals surface area contributed by atoms with Crippen molar-refractivity contribution in [2.75, 3.05) is 7.11 Å². The molecule has 4 heteroatoms. The van der Waals surface area contributed by atoms with E-state index in [2.05, 4.69) is 44.6 Å². The van der Waals surface area contributed by atoms with Crippen LogP contribution in [0.2, 0.25) is 0 Å². The number of methoxy groups -OCH3 is 1. The second-order valence-electron chi connectivity index (χ2n) is 2.39. The molecule has 2 nitrogen and oxygen atoms in total. The van der Waals surface area contributed by atoms with Crippen molar-refractivity contribution in [3.63, 3.8) is 0 Å². The largest absolute Gasteiger partial charge is 0.497 e. The highest BCUT2D eigenvalue weighted by Crippen LogP contribution is 2.25. The van der Waals surface area contributed by atoms with Crippen molar-refractivity contribution < 1.29 is 4.74 Å². The van der Waals surface area contributed by atoms with Crippen LogP contribution in [0.4, 0.5) is 0 Å². The quantitative estimate of drug-likeness (QED) is 0.606. The lowest BCUT2D eigenvalue weighted by atomic mass is 10.1. The molecule has 0 amide bonds. The number of ether oxygens (including phenoxy) is 1. The van der Waals surface area contributed by atoms with Gasteiger partial charge in [-0.05, 0) is 40.3 Å². The summed E-state index contributed by atoms with van der Waals surface area (Å²) in [5.74, 6) is 0.790. The van der Waals surface area contributed by atoms with Crippen molar-refractivity contribution in [3.05, 3.63) is 26.8 Å². The Morgan fingerprint density at radius 3 is 2.77 bits per heavy atom. The summed E-state index contributed by atoms with van der Waals surface area (Å²) in [6.45, 7) is 0. The topological polar surface area (TPSA) is 33.0 Å². The summed E-state index contributed by atoms with van der Waals surface area (Å²) in [7, 11) is 1.62. The van der Waals surface area contributed by atoms with Crippen LogP contribution in [0.15, 0.2) is 12.1 Å². The molecule has 13 heavy (non-hydrogen) atoms. The number of hydrogen-bond donors (Lipinski definition) is 0. The minimum Gasteiger partial charge on any atom is -0.497 e. The molecule has 0 bridgehead atoms. The first-order chi connectivity index (χ1) is 6.22. The van der Waals surface area contributed by atoms with E-state index in [4.69, 9.17) is 10.00 Å². The minimum absolute atomic E-state index is 0.670. The van der Waals surface area contributed by atoms with Crippen molar-refractivity contribution in [2.45, 2.75) is 5.33 Å². The second-order valence-corrected chi connectivity index (χ2v) is 4.11. The van der Waals surface area contributed by atoms with Gasteiger partial charge in [0.05, 0.1) is 12.7 Å². The number of rotatable bonds is 2. The molecular weight excluding hydrogens is 345 g/mol. The zero-order valence-corrected chi connectivity index (χ0v) is 10.7. The fourth-order valence-corrected chi connectivity index (χ4v) is 2.20. The van der Waals surface area contributed by atoms with Gasteiger partial charge in [0, 0.05) is 8.90 Å². The van der Waals surface area contributed by atoms with Gasteiger partial charge < -0.3 is 4.74 Å². The molecule has 0 atom stereocenters. The van der Waals surface area contributed by atoms with Gasteiger partial charge in [-0.1, -0.05) is 15.9 Å². The van der Waals surface area contributed by atoms with Crippen LogP contribution in [0.1, 0.15) is 11.1 Å². The Labute approximate surface area is 99.2 Å². The second kappa shape index (κ2) is 4.82. The molecule has 0 saturated heterocycles. The maximum absolute atomic E-state index is 8.88. The van der Waals surface area contributed by atoms with Crippen molar-refractivity contribution in [3.8, 4) is 11.8 Å². The van der Waals surface area contributed by atoms with Crippen LogP contribution >= 0.6 is 38.5 Å². The van der Waals surface area contributed by atoms with E-state index in [0.29, 0.717) is 5.33 Å². The molecule has 0 N–H and O–H groups in total. The fraction of sp³-hybridized carbons (Fsp3) is 0.222. The molecule has 0 aromatic heterocycles. The summed E-state index contributed by atoms with van der Waals surface area (Å²) in [4.78, 5) is 0. The van der Waals surface area contributed by atoms with Crippen molar-refractivity contribution in [2.24, 2.45) is 0 Å². The van der Waals surface area contributed by atoms with Crippen LogP contribution < -0.4 is 4.74 Å². The predicted molar refractivity (Wildman–Crippen MR) is 63.1 cm³/mol. The third kappa shape index (κ3) is 2.35. The number of nitriles is 1. The number of hydrogen-bond acceptors (Lipinski definition) is 2. The fourth-order valence-electron chi connectivity index (χ4n) is 0.984. The highest BCUT2D eigenvalue weighted by atomic mass is 127. The van der Waals surface area contributed by atoms with Crippen LogP contribution in [0.25, 0.3) is 0 Å². The summed E-state index contributed by atoms with van der Waals surface area (Å²) in [6, 6.07) is 5.90. The molecule has 0 unspecified atom stereocenters. The highest BCUT2D eigenvalue weighted by Gasteiger charge is 2.07. The normalized spacial score (nSPS) is 9.38. The van der Waals surface area contributed by atoms with E-state index in [1.165, 1.54) is 0 Å². The summed E-state index contributed by atoms with van der Waals surface area (Å²) in [6.07, 6.45) is 0. The van der Waals surface area contributed by atoms with E-state index in [1.54, 1.807) is 7.11 Å². The van der Waals surface area contributed by atoms with E-state index in [9.17, 15) is 0 Å². The molecule has 0 radical (unpaired) electrons. The average molecular weight is 352 g/mol. The Hall–Kier alpha value is -0.280. The maximum atomic E-state index is 8.88. The Bertz CT molecular complexity index is 359. The number of halogens is 2. The lowest BCUT2D eigenvalue weighted by molar-refractivity contribution is 0.414. The Kier molecular flexibility index (Phi) is 4.00. The Morgan fingerprint density at radius 1 is 1.62 bits per heavy atom. The monoisotopic (exact) mass is 351 g/mol. The van der Waals surface area contributed by atoms with Crippen LogP contribution in [0.3, 0.4) is 0 Å². The first kappa shape index (κ1) is 10.8. The van der Waals surface area contributed by atoms with E-state index in [0.717, 1.165) is 20.4 Å². The van der Waals surface area contributed by atoms with Gasteiger partial charge in [0.2, 0.25) is 0 Å². The smallest absolute Gasteiger partial charge is 0.120 e. The lowest BCUT2D eigenvalue weighted by Gasteiger charge is -2.06. The van der Waals surface area contributed by atoms with Gasteiger partial charge in [-0.2, -0.15) is 5.26 Å². The van der Waals surface area contributed by atoms with Crippen molar-refractivity contribution >= 4 is 38.5 Å². The molecule has 1 aromatic carbocycles. The van der Waals surface area contributed by atoms with E-state index in [1.807, 2.05) is 12.1 Å². The van der Waals surface area contributed by atoms with Gasteiger partial charge in [-0.3, -0.25) is 0 Å².